The van der Waals surface area contributed by atoms with Crippen molar-refractivity contribution in [2.24, 2.45) is 0 Å². The van der Waals surface area contributed by atoms with Gasteiger partial charge < -0.3 is 24.6 Å². The maximum atomic E-state index is 9.70. The van der Waals surface area contributed by atoms with Gasteiger partial charge in [-0.2, -0.15) is 4.98 Å². The minimum atomic E-state index is -0.685. The average Bonchev–Trinajstić information content (AvgIpc) is 3.42. The summed E-state index contributed by atoms with van der Waals surface area (Å²) in [7, 11) is 0. The number of aliphatic hydroxyl groups is 1. The minimum Gasteiger partial charge on any atom is -0.394 e. The Morgan fingerprint density at radius 1 is 1.21 bits per heavy atom. The highest BCUT2D eigenvalue weighted by Gasteiger charge is 2.54. The fourth-order valence-electron chi connectivity index (χ4n) is 4.84. The first-order valence-corrected chi connectivity index (χ1v) is 10.7. The predicted molar refractivity (Wildman–Crippen MR) is 107 cm³/mol. The molecule has 4 heterocycles. The average molecular weight is 423 g/mol. The fraction of sp³-hybridized carbons (Fsp3) is 0.700. The third kappa shape index (κ3) is 3.61. The van der Waals surface area contributed by atoms with Crippen molar-refractivity contribution in [1.29, 1.82) is 0 Å². The van der Waals surface area contributed by atoms with Crippen molar-refractivity contribution in [2.75, 3.05) is 11.9 Å². The maximum Gasteiger partial charge on any atom is 0.243 e. The number of halogens is 1. The largest absolute Gasteiger partial charge is 0.394 e. The van der Waals surface area contributed by atoms with E-state index in [-0.39, 0.29) is 30.2 Å². The molecule has 3 aliphatic rings. The lowest BCUT2D eigenvalue weighted by Gasteiger charge is -2.23. The Kier molecular flexibility index (Phi) is 4.95. The Morgan fingerprint density at radius 2 is 1.93 bits per heavy atom. The highest BCUT2D eigenvalue weighted by atomic mass is 35.5. The van der Waals surface area contributed by atoms with Crippen LogP contribution < -0.4 is 5.32 Å². The lowest BCUT2D eigenvalue weighted by atomic mass is 10.0. The lowest BCUT2D eigenvalue weighted by Crippen LogP contribution is -2.32. The van der Waals surface area contributed by atoms with Crippen molar-refractivity contribution >= 4 is 22.9 Å². The normalized spacial score (nSPS) is 31.6. The Hall–Kier alpha value is -1.45. The van der Waals surface area contributed by atoms with Crippen molar-refractivity contribution in [2.45, 2.75) is 82.2 Å². The highest BCUT2D eigenvalue weighted by Crippen LogP contribution is 2.39. The minimum absolute atomic E-state index is 0.102. The zero-order chi connectivity index (χ0) is 20.2. The first-order chi connectivity index (χ1) is 13.9. The van der Waals surface area contributed by atoms with Gasteiger partial charge in [0.2, 0.25) is 5.28 Å². The molecular formula is C20H27ClN4O4. The molecule has 0 unspecified atom stereocenters. The van der Waals surface area contributed by atoms with E-state index in [0.29, 0.717) is 12.5 Å². The second kappa shape index (κ2) is 7.35. The third-order valence-electron chi connectivity index (χ3n) is 6.10. The number of nitrogens with one attached hydrogen (secondary N) is 1. The molecule has 158 valence electrons. The van der Waals surface area contributed by atoms with E-state index >= 15 is 0 Å². The van der Waals surface area contributed by atoms with Gasteiger partial charge in [0, 0.05) is 18.2 Å². The van der Waals surface area contributed by atoms with E-state index in [1.165, 1.54) is 12.8 Å². The van der Waals surface area contributed by atoms with Crippen LogP contribution in [0.2, 0.25) is 5.28 Å². The van der Waals surface area contributed by atoms with Crippen molar-refractivity contribution in [1.82, 2.24) is 14.6 Å². The highest BCUT2D eigenvalue weighted by molar-refractivity contribution is 6.28. The molecule has 0 radical (unpaired) electrons. The molecule has 4 atom stereocenters. The molecule has 0 amide bonds. The molecule has 0 bridgehead atoms. The van der Waals surface area contributed by atoms with Gasteiger partial charge in [-0.3, -0.25) is 0 Å². The molecule has 1 saturated carbocycles. The first kappa shape index (κ1) is 19.5. The first-order valence-electron chi connectivity index (χ1n) is 10.4. The van der Waals surface area contributed by atoms with E-state index in [2.05, 4.69) is 15.4 Å². The number of hydrogen-bond donors (Lipinski definition) is 2. The molecule has 2 saturated heterocycles. The van der Waals surface area contributed by atoms with Crippen LogP contribution in [-0.4, -0.2) is 62.6 Å². The van der Waals surface area contributed by atoms with Crippen LogP contribution in [0.25, 0.3) is 5.52 Å². The number of anilines is 1. The Morgan fingerprint density at radius 3 is 2.66 bits per heavy atom. The predicted octanol–water partition coefficient (Wildman–Crippen LogP) is 2.56. The van der Waals surface area contributed by atoms with E-state index in [0.717, 1.165) is 29.9 Å². The van der Waals surface area contributed by atoms with Gasteiger partial charge in [0.05, 0.1) is 12.7 Å². The van der Waals surface area contributed by atoms with E-state index in [4.69, 9.17) is 25.8 Å². The van der Waals surface area contributed by atoms with Crippen LogP contribution >= 0.6 is 11.6 Å². The molecule has 0 spiro atoms. The SMILES string of the molecule is CC1(C)O[C@@H]2[C@H](O1)[C@@H](CO)O[C@@H]2Cc1ccc2c(NC3CCCC3)nc(Cl)nn12. The van der Waals surface area contributed by atoms with Gasteiger partial charge >= 0.3 is 0 Å². The summed E-state index contributed by atoms with van der Waals surface area (Å²) in [6.07, 6.45) is 4.21. The summed E-state index contributed by atoms with van der Waals surface area (Å²) in [6, 6.07) is 4.46. The van der Waals surface area contributed by atoms with Gasteiger partial charge in [-0.15, -0.1) is 5.10 Å². The molecule has 0 aromatic carbocycles. The van der Waals surface area contributed by atoms with Crippen LogP contribution in [0.3, 0.4) is 0 Å². The van der Waals surface area contributed by atoms with Gasteiger partial charge in [0.1, 0.15) is 23.8 Å². The fourth-order valence-corrected chi connectivity index (χ4v) is 5.00. The Labute approximate surface area is 174 Å². The summed E-state index contributed by atoms with van der Waals surface area (Å²) in [6.45, 7) is 3.67. The van der Waals surface area contributed by atoms with E-state index in [1.54, 1.807) is 0 Å². The van der Waals surface area contributed by atoms with Crippen LogP contribution in [0.15, 0.2) is 12.1 Å². The molecular weight excluding hydrogens is 396 g/mol. The molecule has 3 fully saturated rings. The maximum absolute atomic E-state index is 9.70. The monoisotopic (exact) mass is 422 g/mol. The summed E-state index contributed by atoms with van der Waals surface area (Å²) in [5.41, 5.74) is 1.85. The van der Waals surface area contributed by atoms with Crippen LogP contribution in [0.1, 0.15) is 45.2 Å². The Bertz CT molecular complexity index is 898. The zero-order valence-corrected chi connectivity index (χ0v) is 17.4. The molecule has 2 aliphatic heterocycles. The van der Waals surface area contributed by atoms with Gasteiger partial charge in [0.25, 0.3) is 0 Å². The molecule has 5 rings (SSSR count). The number of hydrogen-bond acceptors (Lipinski definition) is 7. The number of rotatable bonds is 5. The number of aliphatic hydroxyl groups excluding tert-OH is 1. The number of ether oxygens (including phenoxy) is 3. The van der Waals surface area contributed by atoms with Crippen LogP contribution in [0.4, 0.5) is 5.82 Å². The van der Waals surface area contributed by atoms with Crippen molar-refractivity contribution in [3.63, 3.8) is 0 Å². The molecule has 2 N–H and O–H groups in total. The van der Waals surface area contributed by atoms with Crippen molar-refractivity contribution in [3.8, 4) is 0 Å². The Balaban J connectivity index is 1.41. The van der Waals surface area contributed by atoms with Crippen molar-refractivity contribution < 1.29 is 19.3 Å². The molecule has 2 aromatic rings. The van der Waals surface area contributed by atoms with E-state index in [1.807, 2.05) is 30.5 Å². The van der Waals surface area contributed by atoms with Gasteiger partial charge in [-0.1, -0.05) is 12.8 Å². The molecule has 29 heavy (non-hydrogen) atoms. The third-order valence-corrected chi connectivity index (χ3v) is 6.26. The number of aromatic nitrogens is 3. The summed E-state index contributed by atoms with van der Waals surface area (Å²) in [5, 5.41) is 17.8. The number of fused-ring (bicyclic) bond motifs is 2. The molecule has 8 nitrogen and oxygen atoms in total. The zero-order valence-electron chi connectivity index (χ0n) is 16.7. The van der Waals surface area contributed by atoms with Gasteiger partial charge in [-0.05, 0) is 50.4 Å². The topological polar surface area (TPSA) is 90.1 Å². The van der Waals surface area contributed by atoms with Crippen LogP contribution in [0.5, 0.6) is 0 Å². The second-order valence-electron chi connectivity index (χ2n) is 8.64. The summed E-state index contributed by atoms with van der Waals surface area (Å²) in [5.74, 6) is 0.0822. The van der Waals surface area contributed by atoms with E-state index < -0.39 is 11.9 Å². The van der Waals surface area contributed by atoms with Gasteiger partial charge in [-0.25, -0.2) is 4.52 Å². The lowest BCUT2D eigenvalue weighted by molar-refractivity contribution is -0.190. The summed E-state index contributed by atoms with van der Waals surface area (Å²) >= 11 is 6.23. The summed E-state index contributed by atoms with van der Waals surface area (Å²) in [4.78, 5) is 4.42. The standard InChI is InChI=1S/C20H27ClN4O4/c1-20(2)28-16-14(27-15(10-26)17(16)29-20)9-12-7-8-13-18(22-11-5-3-4-6-11)23-19(21)24-25(12)13/h7-8,11,14-17,26H,3-6,9-10H2,1-2H3,(H,22,23,24)/t14-,15-,16+,17-/m1/s1. The van der Waals surface area contributed by atoms with Crippen LogP contribution in [-0.2, 0) is 20.6 Å². The van der Waals surface area contributed by atoms with Crippen molar-refractivity contribution in [3.05, 3.63) is 23.1 Å². The second-order valence-corrected chi connectivity index (χ2v) is 8.98. The van der Waals surface area contributed by atoms with E-state index in [9.17, 15) is 5.11 Å². The van der Waals surface area contributed by atoms with Crippen LogP contribution in [0, 0.1) is 0 Å². The quantitative estimate of drug-likeness (QED) is 0.765. The summed E-state index contributed by atoms with van der Waals surface area (Å²) < 4.78 is 19.9. The molecule has 1 aliphatic carbocycles. The molecule has 9 heteroatoms. The smallest absolute Gasteiger partial charge is 0.243 e. The molecule has 2 aromatic heterocycles. The van der Waals surface area contributed by atoms with Gasteiger partial charge in [0.15, 0.2) is 11.6 Å². The number of nitrogens with zero attached hydrogens (tertiary/aromatic N) is 3.